The third-order valence-corrected chi connectivity index (χ3v) is 3.27. The van der Waals surface area contributed by atoms with Crippen LogP contribution in [0, 0.1) is 0 Å². The number of pyridine rings is 1. The molecule has 0 saturated heterocycles. The van der Waals surface area contributed by atoms with E-state index in [2.05, 4.69) is 4.98 Å². The van der Waals surface area contributed by atoms with Gasteiger partial charge in [0.15, 0.2) is 0 Å². The van der Waals surface area contributed by atoms with Crippen LogP contribution in [-0.2, 0) is 11.6 Å². The molecule has 1 nitrogen and oxygen atoms in total. The highest BCUT2D eigenvalue weighted by atomic mass is 35.5. The Bertz CT molecular complexity index is 627. The van der Waals surface area contributed by atoms with Gasteiger partial charge in [-0.15, -0.1) is 0 Å². The fraction of sp³-hybridized carbons (Fsp3) is 0.357. The highest BCUT2D eigenvalue weighted by molar-refractivity contribution is 6.34. The minimum absolute atomic E-state index is 0.0240. The standard InChI is InChI=1S/C14H13ClF3N/c1-13(2,3)10-7-19-12(15)11-8(10)5-4-6-9(11)14(16,17)18/h4-7H,1-3H3. The van der Waals surface area contributed by atoms with Crippen molar-refractivity contribution in [3.05, 3.63) is 40.7 Å². The molecule has 0 N–H and O–H groups in total. The van der Waals surface area contributed by atoms with Gasteiger partial charge < -0.3 is 0 Å². The Hall–Kier alpha value is -1.29. The van der Waals surface area contributed by atoms with Gasteiger partial charge in [-0.2, -0.15) is 13.2 Å². The van der Waals surface area contributed by atoms with Crippen molar-refractivity contribution in [1.82, 2.24) is 4.98 Å². The van der Waals surface area contributed by atoms with E-state index < -0.39 is 11.7 Å². The molecule has 1 aromatic carbocycles. The zero-order valence-electron chi connectivity index (χ0n) is 10.8. The molecular formula is C14H13ClF3N. The molecule has 19 heavy (non-hydrogen) atoms. The molecule has 0 unspecified atom stereocenters. The van der Waals surface area contributed by atoms with E-state index >= 15 is 0 Å². The van der Waals surface area contributed by atoms with Crippen molar-refractivity contribution in [2.24, 2.45) is 0 Å². The van der Waals surface area contributed by atoms with Crippen molar-refractivity contribution in [2.75, 3.05) is 0 Å². The molecule has 2 aromatic rings. The lowest BCUT2D eigenvalue weighted by atomic mass is 9.84. The summed E-state index contributed by atoms with van der Waals surface area (Å²) in [5, 5.41) is 0.363. The van der Waals surface area contributed by atoms with Gasteiger partial charge in [-0.3, -0.25) is 0 Å². The monoisotopic (exact) mass is 287 g/mol. The predicted molar refractivity (Wildman–Crippen MR) is 70.5 cm³/mol. The molecule has 1 heterocycles. The Kier molecular flexibility index (Phi) is 3.25. The Morgan fingerprint density at radius 3 is 2.21 bits per heavy atom. The van der Waals surface area contributed by atoms with Gasteiger partial charge in [0.25, 0.3) is 0 Å². The van der Waals surface area contributed by atoms with Crippen molar-refractivity contribution >= 4 is 22.4 Å². The first-order valence-corrected chi connectivity index (χ1v) is 6.15. The van der Waals surface area contributed by atoms with Gasteiger partial charge in [0.05, 0.1) is 5.56 Å². The number of hydrogen-bond donors (Lipinski definition) is 0. The van der Waals surface area contributed by atoms with E-state index in [1.807, 2.05) is 20.8 Å². The number of fused-ring (bicyclic) bond motifs is 1. The molecule has 102 valence electrons. The molecular weight excluding hydrogens is 275 g/mol. The molecule has 0 aliphatic rings. The number of aromatic nitrogens is 1. The van der Waals surface area contributed by atoms with Crippen molar-refractivity contribution in [2.45, 2.75) is 32.4 Å². The fourth-order valence-corrected chi connectivity index (χ4v) is 2.34. The second kappa shape index (κ2) is 4.37. The van der Waals surface area contributed by atoms with Crippen LogP contribution in [0.2, 0.25) is 5.15 Å². The maximum atomic E-state index is 13.0. The maximum Gasteiger partial charge on any atom is 0.417 e. The second-order valence-corrected chi connectivity index (χ2v) is 5.80. The number of nitrogens with zero attached hydrogens (tertiary/aromatic N) is 1. The summed E-state index contributed by atoms with van der Waals surface area (Å²) in [6.45, 7) is 5.78. The van der Waals surface area contributed by atoms with Crippen LogP contribution in [0.3, 0.4) is 0 Å². The molecule has 0 spiro atoms. The summed E-state index contributed by atoms with van der Waals surface area (Å²) in [6, 6.07) is 4.08. The van der Waals surface area contributed by atoms with Gasteiger partial charge in [-0.1, -0.05) is 44.5 Å². The first-order chi connectivity index (χ1) is 8.62. The summed E-state index contributed by atoms with van der Waals surface area (Å²) >= 11 is 5.88. The smallest absolute Gasteiger partial charge is 0.244 e. The molecule has 1 aromatic heterocycles. The molecule has 2 rings (SSSR count). The van der Waals surface area contributed by atoms with Crippen LogP contribution in [-0.4, -0.2) is 4.98 Å². The van der Waals surface area contributed by atoms with Crippen LogP contribution in [0.4, 0.5) is 13.2 Å². The Morgan fingerprint density at radius 2 is 1.68 bits per heavy atom. The zero-order chi connectivity index (χ0) is 14.4. The van der Waals surface area contributed by atoms with Gasteiger partial charge >= 0.3 is 6.18 Å². The lowest BCUT2D eigenvalue weighted by Crippen LogP contribution is -2.14. The van der Waals surface area contributed by atoms with E-state index in [0.29, 0.717) is 5.39 Å². The van der Waals surface area contributed by atoms with E-state index in [0.717, 1.165) is 11.6 Å². The maximum absolute atomic E-state index is 13.0. The number of hydrogen-bond acceptors (Lipinski definition) is 1. The number of benzene rings is 1. The van der Waals surface area contributed by atoms with E-state index in [1.165, 1.54) is 6.07 Å². The lowest BCUT2D eigenvalue weighted by Gasteiger charge is -2.22. The third kappa shape index (κ3) is 2.54. The van der Waals surface area contributed by atoms with Crippen molar-refractivity contribution in [3.63, 3.8) is 0 Å². The summed E-state index contributed by atoms with van der Waals surface area (Å²) in [4.78, 5) is 3.91. The molecule has 0 atom stereocenters. The predicted octanol–water partition coefficient (Wildman–Crippen LogP) is 5.20. The van der Waals surface area contributed by atoms with Crippen LogP contribution in [0.5, 0.6) is 0 Å². The summed E-state index contributed by atoms with van der Waals surface area (Å²) in [7, 11) is 0. The summed E-state index contributed by atoms with van der Waals surface area (Å²) in [5.41, 5.74) is -0.299. The highest BCUT2D eigenvalue weighted by Crippen LogP contribution is 2.40. The Labute approximate surface area is 114 Å². The average molecular weight is 288 g/mol. The highest BCUT2D eigenvalue weighted by Gasteiger charge is 2.34. The Morgan fingerprint density at radius 1 is 1.05 bits per heavy atom. The third-order valence-electron chi connectivity index (χ3n) is 2.98. The van der Waals surface area contributed by atoms with Crippen molar-refractivity contribution in [1.29, 1.82) is 0 Å². The number of rotatable bonds is 0. The molecule has 0 amide bonds. The minimum atomic E-state index is -4.44. The van der Waals surface area contributed by atoms with Gasteiger partial charge in [0.2, 0.25) is 0 Å². The SMILES string of the molecule is CC(C)(C)c1cnc(Cl)c2c(C(F)(F)F)cccc12. The first-order valence-electron chi connectivity index (χ1n) is 5.77. The van der Waals surface area contributed by atoms with Gasteiger partial charge in [0, 0.05) is 11.6 Å². The van der Waals surface area contributed by atoms with Gasteiger partial charge in [-0.05, 0) is 22.4 Å². The van der Waals surface area contributed by atoms with Crippen LogP contribution in [0.1, 0.15) is 31.9 Å². The fourth-order valence-electron chi connectivity index (χ4n) is 2.09. The van der Waals surface area contributed by atoms with Crippen LogP contribution in [0.15, 0.2) is 24.4 Å². The number of alkyl halides is 3. The molecule has 0 aliphatic heterocycles. The summed E-state index contributed by atoms with van der Waals surface area (Å²) < 4.78 is 39.1. The first kappa shape index (κ1) is 14.1. The van der Waals surface area contributed by atoms with Crippen LogP contribution < -0.4 is 0 Å². The molecule has 0 radical (unpaired) electrons. The molecule has 0 fully saturated rings. The Balaban J connectivity index is 2.92. The quantitative estimate of drug-likeness (QED) is 0.607. The van der Waals surface area contributed by atoms with E-state index in [1.54, 1.807) is 12.3 Å². The average Bonchev–Trinajstić information content (AvgIpc) is 2.25. The van der Waals surface area contributed by atoms with Crippen molar-refractivity contribution < 1.29 is 13.2 Å². The van der Waals surface area contributed by atoms with E-state index in [4.69, 9.17) is 11.6 Å². The molecule has 0 bridgehead atoms. The molecule has 0 saturated carbocycles. The minimum Gasteiger partial charge on any atom is -0.244 e. The lowest BCUT2D eigenvalue weighted by molar-refractivity contribution is -0.136. The van der Waals surface area contributed by atoms with Crippen molar-refractivity contribution in [3.8, 4) is 0 Å². The second-order valence-electron chi connectivity index (χ2n) is 5.44. The van der Waals surface area contributed by atoms with Gasteiger partial charge in [0.1, 0.15) is 5.15 Å². The topological polar surface area (TPSA) is 12.9 Å². The summed E-state index contributed by atoms with van der Waals surface area (Å²) in [5.74, 6) is 0. The largest absolute Gasteiger partial charge is 0.417 e. The van der Waals surface area contributed by atoms with Crippen LogP contribution in [0.25, 0.3) is 10.8 Å². The molecule has 0 aliphatic carbocycles. The van der Waals surface area contributed by atoms with E-state index in [9.17, 15) is 13.2 Å². The normalized spacial score (nSPS) is 13.0. The van der Waals surface area contributed by atoms with E-state index in [-0.39, 0.29) is 16.0 Å². The number of halogens is 4. The van der Waals surface area contributed by atoms with Crippen LogP contribution >= 0.6 is 11.6 Å². The zero-order valence-corrected chi connectivity index (χ0v) is 11.5. The molecule has 5 heteroatoms. The summed E-state index contributed by atoms with van der Waals surface area (Å²) in [6.07, 6.45) is -2.90. The van der Waals surface area contributed by atoms with Gasteiger partial charge in [-0.25, -0.2) is 4.98 Å².